The van der Waals surface area contributed by atoms with E-state index in [4.69, 9.17) is 5.21 Å². The van der Waals surface area contributed by atoms with Gasteiger partial charge >= 0.3 is 0 Å². The molecule has 2 N–H and O–H groups in total. The smallest absolute Gasteiger partial charge is 0.276 e. The zero-order chi connectivity index (χ0) is 19.5. The van der Waals surface area contributed by atoms with E-state index in [9.17, 15) is 4.79 Å². The number of pyridine rings is 1. The molecule has 4 aliphatic carbocycles. The van der Waals surface area contributed by atoms with Crippen molar-refractivity contribution in [3.05, 3.63) is 29.1 Å². The lowest BCUT2D eigenvalue weighted by molar-refractivity contribution is -0.137. The van der Waals surface area contributed by atoms with Gasteiger partial charge in [0.05, 0.1) is 5.56 Å². The molecule has 6 heteroatoms. The molecule has 4 saturated carbocycles. The van der Waals surface area contributed by atoms with Crippen molar-refractivity contribution < 1.29 is 14.4 Å². The van der Waals surface area contributed by atoms with Gasteiger partial charge in [0.2, 0.25) is 0 Å². The molecule has 5 aliphatic rings. The average molecular weight is 387 g/mol. The van der Waals surface area contributed by atoms with E-state index in [-0.39, 0.29) is 11.3 Å². The van der Waals surface area contributed by atoms with E-state index in [1.54, 1.807) is 5.48 Å². The van der Waals surface area contributed by atoms with E-state index in [0.717, 1.165) is 68.2 Å². The van der Waals surface area contributed by atoms with Crippen LogP contribution in [0.25, 0.3) is 0 Å². The normalized spacial score (nSPS) is 39.0. The SMILES string of the molecule is CC[C@H]1Cc2ncc(C(=O)NO)cc2CN1CC12CC3CC(CC(C3)C1F)C2. The second kappa shape index (κ2) is 6.77. The summed E-state index contributed by atoms with van der Waals surface area (Å²) in [6.07, 6.45) is 8.34. The molecule has 1 aliphatic heterocycles. The van der Waals surface area contributed by atoms with E-state index >= 15 is 4.39 Å². The predicted molar refractivity (Wildman–Crippen MR) is 103 cm³/mol. The molecule has 4 fully saturated rings. The Balaban J connectivity index is 1.41. The molecule has 1 aromatic rings. The van der Waals surface area contributed by atoms with Crippen LogP contribution in [0.3, 0.4) is 0 Å². The van der Waals surface area contributed by atoms with Crippen LogP contribution in [0, 0.1) is 23.2 Å². The fraction of sp³-hybridized carbons (Fsp3) is 0.727. The van der Waals surface area contributed by atoms with Gasteiger partial charge in [0.25, 0.3) is 5.91 Å². The van der Waals surface area contributed by atoms with Crippen LogP contribution in [0.15, 0.2) is 12.3 Å². The number of hydroxylamine groups is 1. The Morgan fingerprint density at radius 3 is 2.79 bits per heavy atom. The first-order chi connectivity index (χ1) is 13.5. The molecule has 0 aromatic carbocycles. The number of amides is 1. The molecule has 2 heterocycles. The topological polar surface area (TPSA) is 65.5 Å². The molecular weight excluding hydrogens is 357 g/mol. The van der Waals surface area contributed by atoms with Gasteiger partial charge in [-0.3, -0.25) is 19.9 Å². The largest absolute Gasteiger partial charge is 0.295 e. The Labute approximate surface area is 165 Å². The quantitative estimate of drug-likeness (QED) is 0.613. The van der Waals surface area contributed by atoms with Crippen molar-refractivity contribution in [3.8, 4) is 0 Å². The Kier molecular flexibility index (Phi) is 4.47. The van der Waals surface area contributed by atoms with Crippen molar-refractivity contribution >= 4 is 5.91 Å². The number of alkyl halides is 1. The van der Waals surface area contributed by atoms with Gasteiger partial charge in [0.1, 0.15) is 6.17 Å². The first-order valence-electron chi connectivity index (χ1n) is 10.8. The first-order valence-corrected chi connectivity index (χ1v) is 10.8. The van der Waals surface area contributed by atoms with Crippen LogP contribution in [0.1, 0.15) is 67.1 Å². The van der Waals surface area contributed by atoms with Crippen LogP contribution < -0.4 is 5.48 Å². The standard InChI is InChI=1S/C22H30FN3O2/c1-2-18-7-19-17(6-16(10-24-19)21(27)25-28)11-26(18)12-22-8-13-3-14(9-22)5-15(4-13)20(22)23/h6,10,13-15,18,20,28H,2-5,7-9,11-12H2,1H3,(H,25,27)/t13?,14?,15?,18-,20?,22?/m0/s1. The molecule has 5 nitrogen and oxygen atoms in total. The highest BCUT2D eigenvalue weighted by molar-refractivity contribution is 5.93. The summed E-state index contributed by atoms with van der Waals surface area (Å²) in [6.45, 7) is 3.73. The fourth-order valence-electron chi connectivity index (χ4n) is 7.10. The molecule has 28 heavy (non-hydrogen) atoms. The van der Waals surface area contributed by atoms with Gasteiger partial charge in [0, 0.05) is 42.9 Å². The summed E-state index contributed by atoms with van der Waals surface area (Å²) in [5.41, 5.74) is 3.94. The highest BCUT2D eigenvalue weighted by Gasteiger charge is 2.58. The Morgan fingerprint density at radius 2 is 2.11 bits per heavy atom. The van der Waals surface area contributed by atoms with Crippen molar-refractivity contribution in [2.45, 2.75) is 70.6 Å². The Bertz CT molecular complexity index is 771. The third-order valence-electron chi connectivity index (χ3n) is 8.06. The van der Waals surface area contributed by atoms with Crippen molar-refractivity contribution in [2.75, 3.05) is 6.54 Å². The van der Waals surface area contributed by atoms with Crippen LogP contribution >= 0.6 is 0 Å². The first kappa shape index (κ1) is 18.5. The number of aromatic nitrogens is 1. The molecule has 6 rings (SSSR count). The highest BCUT2D eigenvalue weighted by Crippen LogP contribution is 2.61. The molecular formula is C22H30FN3O2. The van der Waals surface area contributed by atoms with Crippen LogP contribution in [0.2, 0.25) is 0 Å². The van der Waals surface area contributed by atoms with Crippen molar-refractivity contribution in [3.63, 3.8) is 0 Å². The van der Waals surface area contributed by atoms with Crippen LogP contribution in [0.4, 0.5) is 4.39 Å². The number of nitrogens with one attached hydrogen (secondary N) is 1. The van der Waals surface area contributed by atoms with Crippen LogP contribution in [-0.2, 0) is 13.0 Å². The number of nitrogens with zero attached hydrogens (tertiary/aromatic N) is 2. The van der Waals surface area contributed by atoms with Crippen LogP contribution in [-0.4, -0.2) is 39.8 Å². The van der Waals surface area contributed by atoms with E-state index in [1.807, 2.05) is 6.07 Å². The number of carbonyl (C=O) groups excluding carboxylic acids is 1. The van der Waals surface area contributed by atoms with Crippen molar-refractivity contribution in [1.29, 1.82) is 0 Å². The minimum Gasteiger partial charge on any atom is -0.295 e. The number of halogens is 1. The van der Waals surface area contributed by atoms with E-state index < -0.39 is 12.1 Å². The zero-order valence-electron chi connectivity index (χ0n) is 16.5. The summed E-state index contributed by atoms with van der Waals surface area (Å²) < 4.78 is 15.5. The van der Waals surface area contributed by atoms with Gasteiger partial charge in [-0.25, -0.2) is 9.87 Å². The molecule has 4 bridgehead atoms. The van der Waals surface area contributed by atoms with Crippen LogP contribution in [0.5, 0.6) is 0 Å². The second-order valence-corrected chi connectivity index (χ2v) is 9.81. The van der Waals surface area contributed by atoms with Gasteiger partial charge in [0.15, 0.2) is 0 Å². The summed E-state index contributed by atoms with van der Waals surface area (Å²) >= 11 is 0. The number of rotatable bonds is 4. The van der Waals surface area contributed by atoms with Gasteiger partial charge < -0.3 is 0 Å². The molecule has 0 saturated heterocycles. The lowest BCUT2D eigenvalue weighted by atomic mass is 9.48. The third kappa shape index (κ3) is 2.88. The Morgan fingerprint density at radius 1 is 1.36 bits per heavy atom. The lowest BCUT2D eigenvalue weighted by Crippen LogP contribution is -2.59. The van der Waals surface area contributed by atoms with Gasteiger partial charge in [-0.2, -0.15) is 0 Å². The van der Waals surface area contributed by atoms with Gasteiger partial charge in [-0.15, -0.1) is 0 Å². The van der Waals surface area contributed by atoms with E-state index in [0.29, 0.717) is 18.2 Å². The maximum Gasteiger partial charge on any atom is 0.276 e. The second-order valence-electron chi connectivity index (χ2n) is 9.81. The number of carbonyl (C=O) groups is 1. The zero-order valence-corrected chi connectivity index (χ0v) is 16.5. The average Bonchev–Trinajstić information content (AvgIpc) is 2.69. The van der Waals surface area contributed by atoms with E-state index in [2.05, 4.69) is 16.8 Å². The third-order valence-corrected chi connectivity index (χ3v) is 8.06. The maximum atomic E-state index is 15.5. The van der Waals surface area contributed by atoms with Crippen molar-refractivity contribution in [1.82, 2.24) is 15.4 Å². The summed E-state index contributed by atoms with van der Waals surface area (Å²) in [5, 5.41) is 8.92. The Hall–Kier alpha value is -1.53. The highest BCUT2D eigenvalue weighted by atomic mass is 19.1. The predicted octanol–water partition coefficient (Wildman–Crippen LogP) is 3.50. The van der Waals surface area contributed by atoms with Gasteiger partial charge in [-0.05, 0) is 67.9 Å². The maximum absolute atomic E-state index is 15.5. The van der Waals surface area contributed by atoms with Crippen molar-refractivity contribution in [2.24, 2.45) is 23.2 Å². The lowest BCUT2D eigenvalue weighted by Gasteiger charge is -2.60. The molecule has 3 unspecified atom stereocenters. The number of hydrogen-bond donors (Lipinski definition) is 2. The minimum atomic E-state index is -0.663. The molecule has 0 radical (unpaired) electrons. The summed E-state index contributed by atoms with van der Waals surface area (Å²) in [5.74, 6) is 1.20. The molecule has 1 aromatic heterocycles. The summed E-state index contributed by atoms with van der Waals surface area (Å²) in [7, 11) is 0. The fourth-order valence-corrected chi connectivity index (χ4v) is 7.10. The molecule has 152 valence electrons. The summed E-state index contributed by atoms with van der Waals surface area (Å²) in [4.78, 5) is 18.7. The molecule has 1 amide bonds. The molecule has 0 spiro atoms. The molecule has 4 atom stereocenters. The number of hydrogen-bond acceptors (Lipinski definition) is 4. The number of fused-ring (bicyclic) bond motifs is 1. The summed E-state index contributed by atoms with van der Waals surface area (Å²) in [6, 6.07) is 2.21. The van der Waals surface area contributed by atoms with Gasteiger partial charge in [-0.1, -0.05) is 6.92 Å². The monoisotopic (exact) mass is 387 g/mol. The minimum absolute atomic E-state index is 0.173. The van der Waals surface area contributed by atoms with E-state index in [1.165, 1.54) is 12.6 Å².